The smallest absolute Gasteiger partial charge is 0.165 e. The van der Waals surface area contributed by atoms with Gasteiger partial charge in [-0.15, -0.1) is 0 Å². The van der Waals surface area contributed by atoms with Crippen molar-refractivity contribution in [1.29, 1.82) is 0 Å². The Morgan fingerprint density at radius 3 is 2.25 bits per heavy atom. The molecule has 0 aliphatic heterocycles. The van der Waals surface area contributed by atoms with E-state index in [0.29, 0.717) is 6.61 Å². The Morgan fingerprint density at radius 2 is 1.56 bits per heavy atom. The Bertz CT molecular complexity index is 420. The van der Waals surface area contributed by atoms with Crippen molar-refractivity contribution in [1.82, 2.24) is 0 Å². The highest BCUT2D eigenvalue weighted by Crippen LogP contribution is 2.12. The van der Waals surface area contributed by atoms with E-state index in [0.717, 1.165) is 11.3 Å². The lowest BCUT2D eigenvalue weighted by Gasteiger charge is -2.05. The minimum Gasteiger partial charge on any atom is -0.337 e. The van der Waals surface area contributed by atoms with Crippen LogP contribution >= 0.6 is 0 Å². The molecule has 2 aromatic carbocycles. The number of rotatable bonds is 4. The normalized spacial score (nSPS) is 10.1. The zero-order valence-corrected chi connectivity index (χ0v) is 9.22. The first kappa shape index (κ1) is 10.7. The van der Waals surface area contributed by atoms with Crippen molar-refractivity contribution < 1.29 is 9.78 Å². The van der Waals surface area contributed by atoms with E-state index in [1.54, 1.807) is 0 Å². The molecule has 0 radical (unpaired) electrons. The SMILES string of the molecule is Cc1ccc(OOCc2ccccc2)cc1. The molecule has 0 amide bonds. The van der Waals surface area contributed by atoms with Gasteiger partial charge in [-0.05, 0) is 24.6 Å². The number of hydrogen-bond donors (Lipinski definition) is 0. The standard InChI is InChI=1S/C14H14O2/c1-12-7-9-14(10-8-12)16-15-11-13-5-3-2-4-6-13/h2-10H,11H2,1H3. The van der Waals surface area contributed by atoms with E-state index >= 15 is 0 Å². The lowest BCUT2D eigenvalue weighted by Crippen LogP contribution is -1.97. The Kier molecular flexibility index (Phi) is 3.57. The van der Waals surface area contributed by atoms with Crippen LogP contribution in [0.2, 0.25) is 0 Å². The van der Waals surface area contributed by atoms with E-state index in [1.807, 2.05) is 61.5 Å². The molecule has 0 atom stereocenters. The third-order valence-electron chi connectivity index (χ3n) is 2.24. The van der Waals surface area contributed by atoms with Gasteiger partial charge < -0.3 is 4.89 Å². The van der Waals surface area contributed by atoms with Crippen LogP contribution in [-0.2, 0) is 11.5 Å². The molecular weight excluding hydrogens is 200 g/mol. The van der Waals surface area contributed by atoms with Crippen molar-refractivity contribution in [2.75, 3.05) is 0 Å². The second kappa shape index (κ2) is 5.33. The second-order valence-electron chi connectivity index (χ2n) is 3.64. The molecule has 2 rings (SSSR count). The maximum absolute atomic E-state index is 5.16. The van der Waals surface area contributed by atoms with Gasteiger partial charge in [0.1, 0.15) is 6.61 Å². The zero-order valence-electron chi connectivity index (χ0n) is 9.22. The first-order valence-electron chi connectivity index (χ1n) is 5.25. The minimum atomic E-state index is 0.453. The van der Waals surface area contributed by atoms with Gasteiger partial charge in [-0.1, -0.05) is 48.0 Å². The van der Waals surface area contributed by atoms with Gasteiger partial charge in [-0.3, -0.25) is 0 Å². The van der Waals surface area contributed by atoms with Crippen LogP contribution in [0.4, 0.5) is 0 Å². The minimum absolute atomic E-state index is 0.453. The Labute approximate surface area is 95.4 Å². The molecule has 2 nitrogen and oxygen atoms in total. The van der Waals surface area contributed by atoms with E-state index in [2.05, 4.69) is 0 Å². The molecule has 0 saturated heterocycles. The molecule has 2 aromatic rings. The molecule has 2 heteroatoms. The average molecular weight is 214 g/mol. The zero-order chi connectivity index (χ0) is 11.2. The van der Waals surface area contributed by atoms with Crippen LogP contribution in [0.1, 0.15) is 11.1 Å². The highest BCUT2D eigenvalue weighted by molar-refractivity contribution is 5.25. The summed E-state index contributed by atoms with van der Waals surface area (Å²) in [5.41, 5.74) is 2.30. The number of hydrogen-bond acceptors (Lipinski definition) is 2. The third-order valence-corrected chi connectivity index (χ3v) is 2.24. The molecule has 0 saturated carbocycles. The van der Waals surface area contributed by atoms with E-state index in [-0.39, 0.29) is 0 Å². The predicted octanol–water partition coefficient (Wildman–Crippen LogP) is 3.51. The average Bonchev–Trinajstić information content (AvgIpc) is 2.33. The summed E-state index contributed by atoms with van der Waals surface area (Å²) in [5.74, 6) is 0.724. The summed E-state index contributed by atoms with van der Waals surface area (Å²) in [6.45, 7) is 2.49. The van der Waals surface area contributed by atoms with Crippen molar-refractivity contribution in [2.45, 2.75) is 13.5 Å². The monoisotopic (exact) mass is 214 g/mol. The maximum Gasteiger partial charge on any atom is 0.165 e. The number of benzene rings is 2. The van der Waals surface area contributed by atoms with Crippen LogP contribution in [0.5, 0.6) is 5.75 Å². The molecular formula is C14H14O2. The van der Waals surface area contributed by atoms with E-state index in [1.165, 1.54) is 5.56 Å². The molecule has 0 aromatic heterocycles. The van der Waals surface area contributed by atoms with Gasteiger partial charge in [0.2, 0.25) is 0 Å². The van der Waals surface area contributed by atoms with Crippen molar-refractivity contribution >= 4 is 0 Å². The van der Waals surface area contributed by atoms with E-state index < -0.39 is 0 Å². The Hall–Kier alpha value is -1.80. The quantitative estimate of drug-likeness (QED) is 0.572. The van der Waals surface area contributed by atoms with Crippen LogP contribution in [0.15, 0.2) is 54.6 Å². The topological polar surface area (TPSA) is 18.5 Å². The van der Waals surface area contributed by atoms with Crippen LogP contribution in [-0.4, -0.2) is 0 Å². The van der Waals surface area contributed by atoms with Crippen LogP contribution in [0.3, 0.4) is 0 Å². The van der Waals surface area contributed by atoms with Crippen molar-refractivity contribution in [3.05, 3.63) is 65.7 Å². The molecule has 0 spiro atoms. The number of aryl methyl sites for hydroxylation is 1. The fraction of sp³-hybridized carbons (Fsp3) is 0.143. The highest BCUT2D eigenvalue weighted by Gasteiger charge is 1.95. The molecule has 0 unspecified atom stereocenters. The molecule has 16 heavy (non-hydrogen) atoms. The van der Waals surface area contributed by atoms with Crippen molar-refractivity contribution in [3.8, 4) is 5.75 Å². The summed E-state index contributed by atoms with van der Waals surface area (Å²) in [5, 5.41) is 0. The summed E-state index contributed by atoms with van der Waals surface area (Å²) in [4.78, 5) is 10.3. The molecule has 82 valence electrons. The van der Waals surface area contributed by atoms with Crippen LogP contribution in [0, 0.1) is 6.92 Å². The fourth-order valence-electron chi connectivity index (χ4n) is 1.33. The predicted molar refractivity (Wildman–Crippen MR) is 63.0 cm³/mol. The molecule has 0 heterocycles. The second-order valence-corrected chi connectivity index (χ2v) is 3.64. The van der Waals surface area contributed by atoms with Crippen molar-refractivity contribution in [2.24, 2.45) is 0 Å². The van der Waals surface area contributed by atoms with Crippen LogP contribution in [0.25, 0.3) is 0 Å². The van der Waals surface area contributed by atoms with Gasteiger partial charge >= 0.3 is 0 Å². The molecule has 0 aliphatic carbocycles. The van der Waals surface area contributed by atoms with Gasteiger partial charge in [0.15, 0.2) is 5.75 Å². The molecule has 0 aliphatic rings. The molecule has 0 bridgehead atoms. The largest absolute Gasteiger partial charge is 0.337 e. The summed E-state index contributed by atoms with van der Waals surface area (Å²) in [7, 11) is 0. The summed E-state index contributed by atoms with van der Waals surface area (Å²) < 4.78 is 0. The Balaban J connectivity index is 1.82. The first-order valence-corrected chi connectivity index (χ1v) is 5.25. The van der Waals surface area contributed by atoms with Gasteiger partial charge in [0.25, 0.3) is 0 Å². The Morgan fingerprint density at radius 1 is 0.875 bits per heavy atom. The maximum atomic E-state index is 5.16. The molecule has 0 fully saturated rings. The first-order chi connectivity index (χ1) is 7.84. The lowest BCUT2D eigenvalue weighted by molar-refractivity contribution is -0.217. The van der Waals surface area contributed by atoms with E-state index in [4.69, 9.17) is 9.78 Å². The summed E-state index contributed by atoms with van der Waals surface area (Å²) >= 11 is 0. The van der Waals surface area contributed by atoms with Gasteiger partial charge in [-0.2, -0.15) is 4.89 Å². The molecule has 0 N–H and O–H groups in total. The van der Waals surface area contributed by atoms with Gasteiger partial charge in [0.05, 0.1) is 0 Å². The van der Waals surface area contributed by atoms with Crippen molar-refractivity contribution in [3.63, 3.8) is 0 Å². The van der Waals surface area contributed by atoms with E-state index in [9.17, 15) is 0 Å². The summed E-state index contributed by atoms with van der Waals surface area (Å²) in [6, 6.07) is 17.7. The van der Waals surface area contributed by atoms with Gasteiger partial charge in [-0.25, -0.2) is 0 Å². The van der Waals surface area contributed by atoms with Gasteiger partial charge in [0, 0.05) is 0 Å². The highest BCUT2D eigenvalue weighted by atomic mass is 17.2. The lowest BCUT2D eigenvalue weighted by atomic mass is 10.2. The fourth-order valence-corrected chi connectivity index (χ4v) is 1.33. The van der Waals surface area contributed by atoms with Crippen LogP contribution < -0.4 is 4.89 Å². The summed E-state index contributed by atoms with van der Waals surface area (Å²) in [6.07, 6.45) is 0. The third kappa shape index (κ3) is 3.11.